The molecule has 2 rings (SSSR count). The number of allylic oxidation sites excluding steroid dienone is 4. The third kappa shape index (κ3) is 32.8. The Hall–Kier alpha value is -2.51. The van der Waals surface area contributed by atoms with Gasteiger partial charge in [0.2, 0.25) is 0 Å². The number of hydrogen-bond donors (Lipinski definition) is 0. The second-order valence-corrected chi connectivity index (χ2v) is 17.8. The maximum absolute atomic E-state index is 5.24. The summed E-state index contributed by atoms with van der Waals surface area (Å²) in [6.45, 7) is 9.10. The first-order valence-corrected chi connectivity index (χ1v) is 26.1. The number of aliphatic imine (C=N–C) groups is 2. The van der Waals surface area contributed by atoms with Gasteiger partial charge in [0.15, 0.2) is 0 Å². The van der Waals surface area contributed by atoms with Crippen molar-refractivity contribution in [3.63, 3.8) is 0 Å². The van der Waals surface area contributed by atoms with E-state index in [4.69, 9.17) is 9.98 Å². The smallest absolute Gasteiger partial charge is 0.0848 e. The van der Waals surface area contributed by atoms with Crippen molar-refractivity contribution in [2.45, 2.75) is 246 Å². The van der Waals surface area contributed by atoms with Gasteiger partial charge in [-0.3, -0.25) is 4.99 Å². The Bertz CT molecular complexity index is 1400. The van der Waals surface area contributed by atoms with Gasteiger partial charge in [0.05, 0.1) is 22.8 Å². The maximum Gasteiger partial charge on any atom is 0.0848 e. The molecule has 61 heavy (non-hydrogen) atoms. The summed E-state index contributed by atoms with van der Waals surface area (Å²) in [6.07, 6.45) is 59.3. The van der Waals surface area contributed by atoms with Crippen LogP contribution >= 0.6 is 0 Å². The molecule has 0 atom stereocenters. The van der Waals surface area contributed by atoms with Gasteiger partial charge in [-0.15, -0.1) is 0 Å². The molecule has 2 nitrogen and oxygen atoms in total. The molecule has 3 heteroatoms. The fourth-order valence-electron chi connectivity index (χ4n) is 7.96. The zero-order chi connectivity index (χ0) is 42.8. The SMILES string of the molecule is CCCC=CC(=Nc1ccc(C=CCCCCCCCCCCCCCCC)cc1)C(CCCCC)=Nc1ccc(C=CCCCCCCCCCCCCCCC)cc1.[Ni]. The van der Waals surface area contributed by atoms with Crippen molar-refractivity contribution >= 4 is 35.0 Å². The minimum absolute atomic E-state index is 0. The van der Waals surface area contributed by atoms with E-state index in [1.165, 1.54) is 204 Å². The molecule has 0 saturated carbocycles. The van der Waals surface area contributed by atoms with Gasteiger partial charge < -0.3 is 0 Å². The van der Waals surface area contributed by atoms with Crippen LogP contribution in [0.5, 0.6) is 0 Å². The van der Waals surface area contributed by atoms with E-state index in [2.05, 4.69) is 113 Å². The Morgan fingerprint density at radius 2 is 0.705 bits per heavy atom. The molecule has 2 aromatic rings. The Kier molecular flexibility index (Phi) is 39.6. The van der Waals surface area contributed by atoms with Crippen molar-refractivity contribution in [1.29, 1.82) is 0 Å². The molecule has 346 valence electrons. The first kappa shape index (κ1) is 56.5. The zero-order valence-corrected chi connectivity index (χ0v) is 41.3. The summed E-state index contributed by atoms with van der Waals surface area (Å²) in [7, 11) is 0. The van der Waals surface area contributed by atoms with E-state index in [1.54, 1.807) is 0 Å². The van der Waals surface area contributed by atoms with Gasteiger partial charge in [-0.1, -0.05) is 256 Å². The van der Waals surface area contributed by atoms with Crippen LogP contribution in [-0.2, 0) is 16.5 Å². The van der Waals surface area contributed by atoms with Crippen LogP contribution < -0.4 is 0 Å². The van der Waals surface area contributed by atoms with Gasteiger partial charge >= 0.3 is 0 Å². The van der Waals surface area contributed by atoms with Crippen LogP contribution in [0.1, 0.15) is 257 Å². The Morgan fingerprint density at radius 3 is 1.08 bits per heavy atom. The predicted molar refractivity (Wildman–Crippen MR) is 274 cm³/mol. The largest absolute Gasteiger partial charge is 0.251 e. The van der Waals surface area contributed by atoms with Gasteiger partial charge in [0, 0.05) is 16.5 Å². The monoisotopic (exact) mass is 877 g/mol. The van der Waals surface area contributed by atoms with Crippen molar-refractivity contribution < 1.29 is 16.5 Å². The Morgan fingerprint density at radius 1 is 0.361 bits per heavy atom. The van der Waals surface area contributed by atoms with E-state index in [0.29, 0.717) is 0 Å². The van der Waals surface area contributed by atoms with Gasteiger partial charge in [-0.2, -0.15) is 0 Å². The van der Waals surface area contributed by atoms with E-state index in [-0.39, 0.29) is 16.5 Å². The van der Waals surface area contributed by atoms with Gasteiger partial charge in [0.25, 0.3) is 0 Å². The van der Waals surface area contributed by atoms with Crippen LogP contribution in [0.4, 0.5) is 11.4 Å². The Labute approximate surface area is 389 Å². The van der Waals surface area contributed by atoms with Crippen molar-refractivity contribution in [3.8, 4) is 0 Å². The molecule has 0 amide bonds. The summed E-state index contributed by atoms with van der Waals surface area (Å²) in [6, 6.07) is 17.6. The van der Waals surface area contributed by atoms with Crippen molar-refractivity contribution in [2.75, 3.05) is 0 Å². The van der Waals surface area contributed by atoms with E-state index in [1.807, 2.05) is 0 Å². The van der Waals surface area contributed by atoms with Gasteiger partial charge in [0.1, 0.15) is 0 Å². The normalized spacial score (nSPS) is 12.4. The summed E-state index contributed by atoms with van der Waals surface area (Å²) < 4.78 is 0. The first-order valence-electron chi connectivity index (χ1n) is 26.1. The van der Waals surface area contributed by atoms with Gasteiger partial charge in [-0.05, 0) is 86.4 Å². The number of hydrogen-bond acceptors (Lipinski definition) is 2. The number of nitrogens with zero attached hydrogens (tertiary/aromatic N) is 2. The molecule has 0 bridgehead atoms. The van der Waals surface area contributed by atoms with Crippen LogP contribution in [0.2, 0.25) is 0 Å². The zero-order valence-electron chi connectivity index (χ0n) is 40.3. The summed E-state index contributed by atoms with van der Waals surface area (Å²) >= 11 is 0. The quantitative estimate of drug-likeness (QED) is 0.0362. The van der Waals surface area contributed by atoms with E-state index >= 15 is 0 Å². The van der Waals surface area contributed by atoms with Gasteiger partial charge in [-0.25, -0.2) is 4.99 Å². The molecule has 0 aliphatic heterocycles. The Balaban J connectivity index is 0.0000186. The average Bonchev–Trinajstić information content (AvgIpc) is 3.27. The molecule has 0 aliphatic carbocycles. The second kappa shape index (κ2) is 42.8. The summed E-state index contributed by atoms with van der Waals surface area (Å²) in [5.41, 5.74) is 6.59. The fourth-order valence-corrected chi connectivity index (χ4v) is 7.96. The third-order valence-electron chi connectivity index (χ3n) is 11.9. The molecule has 0 unspecified atom stereocenters. The molecule has 0 aliphatic rings. The predicted octanol–water partition coefficient (Wildman–Crippen LogP) is 20.5. The van der Waals surface area contributed by atoms with Crippen LogP contribution in [0, 0.1) is 0 Å². The fraction of sp³-hybridized carbons (Fsp3) is 0.655. The summed E-state index contributed by atoms with van der Waals surface area (Å²) in [4.78, 5) is 10.5. The minimum Gasteiger partial charge on any atom is -0.251 e. The molecular weight excluding hydrogens is 783 g/mol. The molecule has 0 fully saturated rings. The minimum atomic E-state index is 0. The molecule has 0 saturated heterocycles. The molecule has 0 aromatic heterocycles. The maximum atomic E-state index is 5.24. The average molecular weight is 878 g/mol. The number of benzene rings is 2. The van der Waals surface area contributed by atoms with Crippen LogP contribution in [0.15, 0.2) is 82.8 Å². The first-order chi connectivity index (χ1) is 29.7. The van der Waals surface area contributed by atoms with Crippen molar-refractivity contribution in [1.82, 2.24) is 0 Å². The third-order valence-corrected chi connectivity index (χ3v) is 11.9. The summed E-state index contributed by atoms with van der Waals surface area (Å²) in [5, 5.41) is 0. The molecule has 0 spiro atoms. The standard InChI is InChI=1S/C58H94N2.Ni/c1-5-9-13-15-17-19-21-23-25-27-29-31-33-35-39-41-53-45-49-55(50-46-53)59-57(43-37-11-7-3)58(44-38-12-8-4)60-56-51-47-54(48-52-56)42-40-36-34-32-30-28-26-24-22-20-18-16-14-10-6-2;/h37,39-43,45-52H,5-36,38,44H2,1-4H3;. The van der Waals surface area contributed by atoms with Crippen LogP contribution in [0.25, 0.3) is 12.2 Å². The van der Waals surface area contributed by atoms with Crippen molar-refractivity contribution in [2.24, 2.45) is 9.98 Å². The molecule has 0 heterocycles. The molecule has 0 radical (unpaired) electrons. The van der Waals surface area contributed by atoms with E-state index in [0.717, 1.165) is 48.5 Å². The van der Waals surface area contributed by atoms with Crippen LogP contribution in [-0.4, -0.2) is 11.4 Å². The molecule has 0 N–H and O–H groups in total. The molecule has 2 aromatic carbocycles. The number of rotatable bonds is 40. The number of unbranched alkanes of at least 4 members (excludes halogenated alkanes) is 29. The molecular formula is C58H94N2Ni. The van der Waals surface area contributed by atoms with E-state index < -0.39 is 0 Å². The van der Waals surface area contributed by atoms with Crippen LogP contribution in [0.3, 0.4) is 0 Å². The van der Waals surface area contributed by atoms with E-state index in [9.17, 15) is 0 Å². The second-order valence-electron chi connectivity index (χ2n) is 17.8. The topological polar surface area (TPSA) is 24.7 Å². The van der Waals surface area contributed by atoms with Crippen molar-refractivity contribution in [3.05, 3.63) is 84.0 Å². The summed E-state index contributed by atoms with van der Waals surface area (Å²) in [5.74, 6) is 0.